The van der Waals surface area contributed by atoms with E-state index in [1.54, 1.807) is 6.07 Å². The molecule has 1 aromatic carbocycles. The third-order valence-corrected chi connectivity index (χ3v) is 2.17. The number of nitriles is 1. The fourth-order valence-electron chi connectivity index (χ4n) is 1.35. The van der Waals surface area contributed by atoms with Gasteiger partial charge in [-0.1, -0.05) is 0 Å². The number of carboxylic acid groups (broad SMARTS) is 1. The van der Waals surface area contributed by atoms with E-state index in [0.29, 0.717) is 0 Å². The van der Waals surface area contributed by atoms with Crippen molar-refractivity contribution in [2.24, 2.45) is 0 Å². The van der Waals surface area contributed by atoms with Crippen molar-refractivity contribution in [3.63, 3.8) is 0 Å². The predicted molar refractivity (Wildman–Crippen MR) is 55.8 cm³/mol. The molecule has 0 saturated heterocycles. The van der Waals surface area contributed by atoms with Crippen LogP contribution in [-0.2, 0) is 4.79 Å². The van der Waals surface area contributed by atoms with Gasteiger partial charge >= 0.3 is 12.6 Å². The molecule has 0 amide bonds. The van der Waals surface area contributed by atoms with Gasteiger partial charge in [-0.3, -0.25) is 4.79 Å². The SMILES string of the molecule is N#Cc1cc(OC(F)F)c(C(O)C(=O)O)cc1C=O. The van der Waals surface area contributed by atoms with Gasteiger partial charge in [0.15, 0.2) is 12.4 Å². The van der Waals surface area contributed by atoms with Gasteiger partial charge in [0.1, 0.15) is 11.8 Å². The molecule has 0 saturated carbocycles. The molecule has 0 fully saturated rings. The minimum absolute atomic E-state index is 0.237. The first-order valence-corrected chi connectivity index (χ1v) is 4.79. The molecule has 0 aliphatic carbocycles. The topological polar surface area (TPSA) is 108 Å². The van der Waals surface area contributed by atoms with E-state index in [-0.39, 0.29) is 17.4 Å². The van der Waals surface area contributed by atoms with Crippen molar-refractivity contribution < 1.29 is 33.3 Å². The molecule has 19 heavy (non-hydrogen) atoms. The van der Waals surface area contributed by atoms with Gasteiger partial charge in [0, 0.05) is 11.1 Å². The first-order chi connectivity index (χ1) is 8.90. The molecule has 1 unspecified atom stereocenters. The number of aliphatic hydroxyl groups is 1. The lowest BCUT2D eigenvalue weighted by Gasteiger charge is -2.14. The number of aliphatic carboxylic acids is 1. The Kier molecular flexibility index (Phi) is 4.50. The number of carbonyl (C=O) groups excluding carboxylic acids is 1. The summed E-state index contributed by atoms with van der Waals surface area (Å²) in [4.78, 5) is 21.3. The number of ether oxygens (including phenoxy) is 1. The van der Waals surface area contributed by atoms with E-state index < -0.39 is 30.0 Å². The van der Waals surface area contributed by atoms with Crippen LogP contribution in [-0.4, -0.2) is 29.1 Å². The first kappa shape index (κ1) is 14.5. The van der Waals surface area contributed by atoms with Crippen LogP contribution in [0.4, 0.5) is 8.78 Å². The van der Waals surface area contributed by atoms with Crippen LogP contribution in [0.2, 0.25) is 0 Å². The van der Waals surface area contributed by atoms with Gasteiger partial charge in [-0.05, 0) is 12.1 Å². The van der Waals surface area contributed by atoms with Crippen LogP contribution in [0.1, 0.15) is 27.6 Å². The average molecular weight is 271 g/mol. The predicted octanol–water partition coefficient (Wildman–Crippen LogP) is 1.09. The summed E-state index contributed by atoms with van der Waals surface area (Å²) in [7, 11) is 0. The molecule has 0 aromatic heterocycles. The Balaban J connectivity index is 3.44. The van der Waals surface area contributed by atoms with Crippen molar-refractivity contribution in [2.75, 3.05) is 0 Å². The number of carboxylic acids is 1. The summed E-state index contributed by atoms with van der Waals surface area (Å²) in [5.74, 6) is -2.38. The lowest BCUT2D eigenvalue weighted by Crippen LogP contribution is -2.14. The molecule has 1 aromatic rings. The van der Waals surface area contributed by atoms with Gasteiger partial charge in [-0.25, -0.2) is 4.79 Å². The summed E-state index contributed by atoms with van der Waals surface area (Å²) in [5.41, 5.74) is -1.04. The van der Waals surface area contributed by atoms with Crippen LogP contribution in [0, 0.1) is 11.3 Å². The Morgan fingerprint density at radius 3 is 2.53 bits per heavy atom. The van der Waals surface area contributed by atoms with E-state index in [1.807, 2.05) is 0 Å². The van der Waals surface area contributed by atoms with Crippen LogP contribution < -0.4 is 4.74 Å². The highest BCUT2D eigenvalue weighted by Gasteiger charge is 2.24. The number of alkyl halides is 2. The minimum atomic E-state index is -3.27. The molecular weight excluding hydrogens is 264 g/mol. The molecule has 100 valence electrons. The Hall–Kier alpha value is -2.53. The number of benzene rings is 1. The summed E-state index contributed by atoms with van der Waals surface area (Å²) < 4.78 is 28.4. The van der Waals surface area contributed by atoms with E-state index in [9.17, 15) is 23.5 Å². The van der Waals surface area contributed by atoms with Gasteiger partial charge in [-0.2, -0.15) is 14.0 Å². The molecule has 0 aliphatic rings. The van der Waals surface area contributed by atoms with Crippen molar-refractivity contribution in [3.05, 3.63) is 28.8 Å². The first-order valence-electron chi connectivity index (χ1n) is 4.79. The molecule has 0 spiro atoms. The molecule has 1 rings (SSSR count). The molecular formula is C11H7F2NO5. The lowest BCUT2D eigenvalue weighted by molar-refractivity contribution is -0.147. The zero-order valence-electron chi connectivity index (χ0n) is 9.21. The number of nitrogens with zero attached hydrogens (tertiary/aromatic N) is 1. The van der Waals surface area contributed by atoms with Crippen LogP contribution in [0.25, 0.3) is 0 Å². The highest BCUT2D eigenvalue weighted by atomic mass is 19.3. The van der Waals surface area contributed by atoms with Crippen molar-refractivity contribution in [3.8, 4) is 11.8 Å². The standard InChI is InChI=1S/C11H7F2NO5/c12-11(13)19-8-2-5(3-14)6(4-15)1-7(8)9(16)10(17)18/h1-2,4,9,11,16H,(H,17,18). The molecule has 0 aliphatic heterocycles. The minimum Gasteiger partial charge on any atom is -0.479 e. The van der Waals surface area contributed by atoms with Crippen molar-refractivity contribution in [2.45, 2.75) is 12.7 Å². The Morgan fingerprint density at radius 1 is 1.47 bits per heavy atom. The molecule has 0 bridgehead atoms. The number of aldehydes is 1. The third kappa shape index (κ3) is 3.23. The Bertz CT molecular complexity index is 553. The van der Waals surface area contributed by atoms with Crippen molar-refractivity contribution in [1.82, 2.24) is 0 Å². The fraction of sp³-hybridized carbons (Fsp3) is 0.182. The molecule has 6 nitrogen and oxygen atoms in total. The number of rotatable bonds is 5. The Morgan fingerprint density at radius 2 is 2.11 bits per heavy atom. The molecule has 0 heterocycles. The number of halogens is 2. The van der Waals surface area contributed by atoms with E-state index in [1.165, 1.54) is 0 Å². The van der Waals surface area contributed by atoms with Crippen LogP contribution in [0.15, 0.2) is 12.1 Å². The van der Waals surface area contributed by atoms with E-state index in [4.69, 9.17) is 10.4 Å². The molecule has 0 radical (unpaired) electrons. The number of hydrogen-bond donors (Lipinski definition) is 2. The fourth-order valence-corrected chi connectivity index (χ4v) is 1.35. The lowest BCUT2D eigenvalue weighted by atomic mass is 10.0. The molecule has 2 N–H and O–H groups in total. The van der Waals surface area contributed by atoms with E-state index in [0.717, 1.165) is 12.1 Å². The van der Waals surface area contributed by atoms with Crippen LogP contribution >= 0.6 is 0 Å². The second-order valence-corrected chi connectivity index (χ2v) is 3.33. The average Bonchev–Trinajstić information content (AvgIpc) is 2.36. The third-order valence-electron chi connectivity index (χ3n) is 2.17. The largest absolute Gasteiger partial charge is 0.479 e. The van der Waals surface area contributed by atoms with Gasteiger partial charge in [-0.15, -0.1) is 0 Å². The second-order valence-electron chi connectivity index (χ2n) is 3.33. The highest BCUT2D eigenvalue weighted by molar-refractivity contribution is 5.82. The van der Waals surface area contributed by atoms with Crippen molar-refractivity contribution in [1.29, 1.82) is 5.26 Å². The molecule has 8 heteroatoms. The monoisotopic (exact) mass is 271 g/mol. The van der Waals surface area contributed by atoms with Crippen molar-refractivity contribution >= 4 is 12.3 Å². The van der Waals surface area contributed by atoms with E-state index in [2.05, 4.69) is 4.74 Å². The highest BCUT2D eigenvalue weighted by Crippen LogP contribution is 2.30. The zero-order valence-corrected chi connectivity index (χ0v) is 9.21. The normalized spacial score (nSPS) is 11.7. The zero-order chi connectivity index (χ0) is 14.6. The summed E-state index contributed by atoms with van der Waals surface area (Å²) in [5, 5.41) is 26.7. The molecule has 1 atom stereocenters. The van der Waals surface area contributed by atoms with Gasteiger partial charge in [0.2, 0.25) is 0 Å². The summed E-state index contributed by atoms with van der Waals surface area (Å²) >= 11 is 0. The van der Waals surface area contributed by atoms with Gasteiger partial charge in [0.25, 0.3) is 0 Å². The van der Waals surface area contributed by atoms with Gasteiger partial charge < -0.3 is 14.9 Å². The second kappa shape index (κ2) is 5.88. The van der Waals surface area contributed by atoms with E-state index >= 15 is 0 Å². The summed E-state index contributed by atoms with van der Waals surface area (Å²) in [6.07, 6.45) is -1.91. The van der Waals surface area contributed by atoms with Crippen LogP contribution in [0.5, 0.6) is 5.75 Å². The van der Waals surface area contributed by atoms with Gasteiger partial charge in [0.05, 0.1) is 5.56 Å². The quantitative estimate of drug-likeness (QED) is 0.776. The summed E-state index contributed by atoms with van der Waals surface area (Å²) in [6.45, 7) is -3.27. The number of hydrogen-bond acceptors (Lipinski definition) is 5. The summed E-state index contributed by atoms with van der Waals surface area (Å²) in [6, 6.07) is 3.17. The smallest absolute Gasteiger partial charge is 0.387 e. The van der Waals surface area contributed by atoms with Crippen LogP contribution in [0.3, 0.4) is 0 Å². The maximum absolute atomic E-state index is 12.2. The number of carbonyl (C=O) groups is 2. The number of aliphatic hydroxyl groups excluding tert-OH is 1. The maximum Gasteiger partial charge on any atom is 0.387 e. The maximum atomic E-state index is 12.2. The Labute approximate surface area is 105 Å².